The highest BCUT2D eigenvalue weighted by atomic mass is 16.6. The minimum atomic E-state index is -1.84. The summed E-state index contributed by atoms with van der Waals surface area (Å²) < 4.78 is 9.56. The molecule has 0 aliphatic rings. The Hall–Kier alpha value is -1.67. The van der Waals surface area contributed by atoms with Gasteiger partial charge in [0.05, 0.1) is 6.42 Å². The van der Waals surface area contributed by atoms with Gasteiger partial charge < -0.3 is 24.8 Å². The first-order chi connectivity index (χ1) is 14.4. The van der Waals surface area contributed by atoms with E-state index >= 15 is 0 Å². The van der Waals surface area contributed by atoms with E-state index in [1.54, 1.807) is 0 Å². The predicted molar refractivity (Wildman–Crippen MR) is 112 cm³/mol. The lowest BCUT2D eigenvalue weighted by molar-refractivity contribution is -0.159. The van der Waals surface area contributed by atoms with E-state index in [1.807, 2.05) is 0 Å². The van der Waals surface area contributed by atoms with E-state index in [0.29, 0.717) is 0 Å². The first kappa shape index (κ1) is 28.3. The fourth-order valence-corrected chi connectivity index (χ4v) is 2.91. The van der Waals surface area contributed by atoms with E-state index in [0.717, 1.165) is 19.3 Å². The molecule has 0 aromatic carbocycles. The number of aliphatic hydroxyl groups excluding tert-OH is 2. The predicted octanol–water partition coefficient (Wildman–Crippen LogP) is 3.36. The number of ether oxygens (including phenoxy) is 2. The summed E-state index contributed by atoms with van der Waals surface area (Å²) in [6.07, 6.45) is 11.0. The number of aliphatic hydroxyl groups is 2. The van der Waals surface area contributed by atoms with Crippen LogP contribution in [0.5, 0.6) is 0 Å². The highest BCUT2D eigenvalue weighted by molar-refractivity contribution is 5.80. The lowest BCUT2D eigenvalue weighted by Crippen LogP contribution is -2.28. The van der Waals surface area contributed by atoms with Crippen molar-refractivity contribution in [3.05, 3.63) is 0 Å². The van der Waals surface area contributed by atoms with E-state index in [4.69, 9.17) is 14.9 Å². The molecule has 0 saturated carbocycles. The molecule has 30 heavy (non-hydrogen) atoms. The Morgan fingerprint density at radius 3 is 1.60 bits per heavy atom. The van der Waals surface area contributed by atoms with Gasteiger partial charge in [0.2, 0.25) is 0 Å². The third-order valence-electron chi connectivity index (χ3n) is 4.75. The van der Waals surface area contributed by atoms with Gasteiger partial charge in [-0.05, 0) is 6.42 Å². The SMILES string of the molecule is CCCCCCCCCCCCCCC(=O)OCC(O)COC(=O)CC(O)C(=O)O. The lowest BCUT2D eigenvalue weighted by atomic mass is 10.0. The first-order valence-electron chi connectivity index (χ1n) is 11.3. The average molecular weight is 433 g/mol. The zero-order valence-corrected chi connectivity index (χ0v) is 18.4. The summed E-state index contributed by atoms with van der Waals surface area (Å²) in [4.78, 5) is 33.3. The summed E-state index contributed by atoms with van der Waals surface area (Å²) in [6, 6.07) is 0. The molecule has 0 heterocycles. The Kier molecular flexibility index (Phi) is 18.2. The van der Waals surface area contributed by atoms with Gasteiger partial charge in [-0.3, -0.25) is 9.59 Å². The molecule has 0 amide bonds. The molecule has 8 nitrogen and oxygen atoms in total. The molecule has 0 rings (SSSR count). The minimum absolute atomic E-state index is 0.286. The monoisotopic (exact) mass is 432 g/mol. The van der Waals surface area contributed by atoms with Gasteiger partial charge in [0, 0.05) is 6.42 Å². The quantitative estimate of drug-likeness (QED) is 0.197. The second kappa shape index (κ2) is 19.3. The van der Waals surface area contributed by atoms with E-state index in [2.05, 4.69) is 11.7 Å². The van der Waals surface area contributed by atoms with Crippen LogP contribution in [-0.4, -0.2) is 58.6 Å². The summed E-state index contributed by atoms with van der Waals surface area (Å²) in [7, 11) is 0. The van der Waals surface area contributed by atoms with Gasteiger partial charge in [0.15, 0.2) is 6.10 Å². The molecule has 0 aromatic heterocycles. The van der Waals surface area contributed by atoms with Crippen LogP contribution in [0, 0.1) is 0 Å². The second-order valence-electron chi connectivity index (χ2n) is 7.72. The van der Waals surface area contributed by atoms with Crippen molar-refractivity contribution in [3.8, 4) is 0 Å². The summed E-state index contributed by atoms with van der Waals surface area (Å²) in [6.45, 7) is 1.49. The maximum atomic E-state index is 11.6. The number of esters is 2. The molecule has 8 heteroatoms. The van der Waals surface area contributed by atoms with Gasteiger partial charge in [0.1, 0.15) is 19.3 Å². The average Bonchev–Trinajstić information content (AvgIpc) is 2.71. The van der Waals surface area contributed by atoms with Crippen molar-refractivity contribution >= 4 is 17.9 Å². The van der Waals surface area contributed by atoms with E-state index in [-0.39, 0.29) is 13.0 Å². The molecule has 3 N–H and O–H groups in total. The number of rotatable bonds is 20. The van der Waals surface area contributed by atoms with Crippen molar-refractivity contribution < 1.29 is 39.2 Å². The number of carbonyl (C=O) groups excluding carboxylic acids is 2. The van der Waals surface area contributed by atoms with Crippen LogP contribution in [0.4, 0.5) is 0 Å². The van der Waals surface area contributed by atoms with Crippen molar-refractivity contribution in [2.45, 2.75) is 109 Å². The molecule has 0 bridgehead atoms. The van der Waals surface area contributed by atoms with Crippen LogP contribution in [0.3, 0.4) is 0 Å². The van der Waals surface area contributed by atoms with Crippen LogP contribution in [0.25, 0.3) is 0 Å². The largest absolute Gasteiger partial charge is 0.479 e. The fraction of sp³-hybridized carbons (Fsp3) is 0.864. The zero-order valence-electron chi connectivity index (χ0n) is 18.4. The maximum Gasteiger partial charge on any atom is 0.333 e. The third-order valence-corrected chi connectivity index (χ3v) is 4.75. The Balaban J connectivity index is 3.50. The lowest BCUT2D eigenvalue weighted by Gasteiger charge is -2.12. The number of unbranched alkanes of at least 4 members (excludes halogenated alkanes) is 11. The van der Waals surface area contributed by atoms with Crippen LogP contribution >= 0.6 is 0 Å². The molecule has 0 radical (unpaired) electrons. The molecular formula is C22H40O8. The molecular weight excluding hydrogens is 392 g/mol. The maximum absolute atomic E-state index is 11.6. The van der Waals surface area contributed by atoms with Crippen LogP contribution in [-0.2, 0) is 23.9 Å². The van der Waals surface area contributed by atoms with E-state index in [1.165, 1.54) is 57.8 Å². The zero-order chi connectivity index (χ0) is 22.6. The second-order valence-corrected chi connectivity index (χ2v) is 7.72. The van der Waals surface area contributed by atoms with Crippen molar-refractivity contribution in [3.63, 3.8) is 0 Å². The van der Waals surface area contributed by atoms with E-state index < -0.39 is 43.1 Å². The molecule has 0 spiro atoms. The molecule has 176 valence electrons. The summed E-state index contributed by atoms with van der Waals surface area (Å²) in [5, 5.41) is 27.1. The summed E-state index contributed by atoms with van der Waals surface area (Å²) in [5.74, 6) is -2.89. The number of carboxylic acids is 1. The normalized spacial score (nSPS) is 12.9. The summed E-state index contributed by atoms with van der Waals surface area (Å²) >= 11 is 0. The molecule has 2 unspecified atom stereocenters. The van der Waals surface area contributed by atoms with Crippen molar-refractivity contribution in [1.82, 2.24) is 0 Å². The smallest absolute Gasteiger partial charge is 0.333 e. The van der Waals surface area contributed by atoms with Crippen LogP contribution in [0.2, 0.25) is 0 Å². The Morgan fingerprint density at radius 1 is 0.700 bits per heavy atom. The van der Waals surface area contributed by atoms with Gasteiger partial charge in [-0.1, -0.05) is 77.6 Å². The number of carboxylic acid groups (broad SMARTS) is 1. The Bertz CT molecular complexity index is 466. The van der Waals surface area contributed by atoms with Gasteiger partial charge in [-0.15, -0.1) is 0 Å². The Morgan fingerprint density at radius 2 is 1.13 bits per heavy atom. The van der Waals surface area contributed by atoms with Gasteiger partial charge >= 0.3 is 17.9 Å². The van der Waals surface area contributed by atoms with Crippen LogP contribution < -0.4 is 0 Å². The highest BCUT2D eigenvalue weighted by Gasteiger charge is 2.20. The molecule has 0 saturated heterocycles. The van der Waals surface area contributed by atoms with Gasteiger partial charge in [0.25, 0.3) is 0 Å². The van der Waals surface area contributed by atoms with Crippen molar-refractivity contribution in [1.29, 1.82) is 0 Å². The first-order valence-corrected chi connectivity index (χ1v) is 11.3. The highest BCUT2D eigenvalue weighted by Crippen LogP contribution is 2.12. The Labute approximate surface area is 179 Å². The number of aliphatic carboxylic acids is 1. The fourth-order valence-electron chi connectivity index (χ4n) is 2.91. The number of carbonyl (C=O) groups is 3. The molecule has 0 fully saturated rings. The van der Waals surface area contributed by atoms with Crippen molar-refractivity contribution in [2.75, 3.05) is 13.2 Å². The number of hydrogen-bond donors (Lipinski definition) is 3. The van der Waals surface area contributed by atoms with Crippen LogP contribution in [0.15, 0.2) is 0 Å². The van der Waals surface area contributed by atoms with Gasteiger partial charge in [-0.25, -0.2) is 4.79 Å². The molecule has 0 aliphatic carbocycles. The summed E-state index contributed by atoms with van der Waals surface area (Å²) in [5.41, 5.74) is 0. The van der Waals surface area contributed by atoms with Gasteiger partial charge in [-0.2, -0.15) is 0 Å². The standard InChI is InChI=1S/C22H40O8/c1-2-3-4-5-6-7-8-9-10-11-12-13-14-20(25)29-16-18(23)17-30-21(26)15-19(24)22(27)28/h18-19,23-24H,2-17H2,1H3,(H,27,28). The number of hydrogen-bond acceptors (Lipinski definition) is 7. The van der Waals surface area contributed by atoms with Crippen LogP contribution in [0.1, 0.15) is 96.8 Å². The third kappa shape index (κ3) is 18.4. The molecule has 0 aromatic rings. The minimum Gasteiger partial charge on any atom is -0.479 e. The molecule has 2 atom stereocenters. The van der Waals surface area contributed by atoms with Crippen molar-refractivity contribution in [2.24, 2.45) is 0 Å². The topological polar surface area (TPSA) is 130 Å². The van der Waals surface area contributed by atoms with E-state index in [9.17, 15) is 19.5 Å². The molecule has 0 aliphatic heterocycles.